The van der Waals surface area contributed by atoms with Crippen LogP contribution in [0.4, 0.5) is 0 Å². The normalized spacial score (nSPS) is 19.4. The Morgan fingerprint density at radius 1 is 0.310 bits per heavy atom. The van der Waals surface area contributed by atoms with E-state index < -0.39 is 0 Å². The van der Waals surface area contributed by atoms with Crippen molar-refractivity contribution in [2.24, 2.45) is 0 Å². The van der Waals surface area contributed by atoms with Gasteiger partial charge in [-0.15, -0.1) is 0 Å². The number of hydrogen-bond acceptors (Lipinski definition) is 4. The third-order valence-electron chi connectivity index (χ3n) is 7.78. The number of likely N-dealkylation sites (tertiary alicyclic amines) is 2. The number of likely N-dealkylation sites (N-methyl/N-ethyl adjacent to an activating group) is 1. The van der Waals surface area contributed by atoms with Gasteiger partial charge >= 0.3 is 0 Å². The zero-order valence-electron chi connectivity index (χ0n) is 31.3. The van der Waals surface area contributed by atoms with Crippen molar-refractivity contribution in [2.75, 3.05) is 59.4 Å². The van der Waals surface area contributed by atoms with E-state index in [0.29, 0.717) is 16.6 Å². The highest BCUT2D eigenvalue weighted by Gasteiger charge is 2.23. The molecule has 3 saturated heterocycles. The van der Waals surface area contributed by atoms with Crippen LogP contribution in [0.15, 0.2) is 0 Å². The van der Waals surface area contributed by atoms with Crippen LogP contribution in [0.25, 0.3) is 0 Å². The highest BCUT2D eigenvalue weighted by Crippen LogP contribution is 2.20. The Morgan fingerprint density at radius 2 is 0.548 bits per heavy atom. The van der Waals surface area contributed by atoms with Crippen molar-refractivity contribution in [1.29, 1.82) is 0 Å². The standard InChI is InChI=1S/C10H22N2.2C10H21N.3C2H6.2CH4/c1-10(2,3)12-7-5-6-11(4)8-9-12;2*1-10(2,3)11-8-6-4-5-7-9-11;3*1-2;;/h5-9H2,1-4H3;2*4-9H2,1-3H3;3*1-2H3;2*1H4. The van der Waals surface area contributed by atoms with Crippen LogP contribution in [0.2, 0.25) is 0 Å². The van der Waals surface area contributed by atoms with Crippen molar-refractivity contribution in [3.63, 3.8) is 0 Å². The van der Waals surface area contributed by atoms with Crippen molar-refractivity contribution >= 4 is 0 Å². The predicted molar refractivity (Wildman–Crippen MR) is 201 cm³/mol. The summed E-state index contributed by atoms with van der Waals surface area (Å²) in [6.45, 7) is 43.0. The van der Waals surface area contributed by atoms with Crippen molar-refractivity contribution in [1.82, 2.24) is 19.6 Å². The van der Waals surface area contributed by atoms with E-state index >= 15 is 0 Å². The molecule has 0 aromatic heterocycles. The first kappa shape index (κ1) is 51.4. The third-order valence-corrected chi connectivity index (χ3v) is 7.78. The molecule has 0 radical (unpaired) electrons. The SMILES string of the molecule is C.C.CC.CC.CC.CC(C)(C)N1CCCCCC1.CC(C)(C)N1CCCCCC1.CN1CCCN(C(C)(C)C)CC1. The van der Waals surface area contributed by atoms with Gasteiger partial charge < -0.3 is 4.90 Å². The van der Waals surface area contributed by atoms with Gasteiger partial charge in [-0.1, -0.05) is 82.1 Å². The lowest BCUT2D eigenvalue weighted by Crippen LogP contribution is -2.43. The number of rotatable bonds is 0. The van der Waals surface area contributed by atoms with E-state index in [2.05, 4.69) is 89.0 Å². The fourth-order valence-electron chi connectivity index (χ4n) is 5.20. The molecule has 3 fully saturated rings. The second-order valence-electron chi connectivity index (χ2n) is 14.0. The second-order valence-corrected chi connectivity index (χ2v) is 14.0. The van der Waals surface area contributed by atoms with Gasteiger partial charge in [0.15, 0.2) is 0 Å². The Morgan fingerprint density at radius 3 is 0.810 bits per heavy atom. The largest absolute Gasteiger partial charge is 0.305 e. The first-order valence-electron chi connectivity index (χ1n) is 17.6. The summed E-state index contributed by atoms with van der Waals surface area (Å²) in [5, 5.41) is 0. The Balaban J connectivity index is -0.000000146. The van der Waals surface area contributed by atoms with Crippen LogP contribution < -0.4 is 0 Å². The van der Waals surface area contributed by atoms with Crippen LogP contribution in [-0.4, -0.2) is 95.6 Å². The molecule has 0 spiro atoms. The second kappa shape index (κ2) is 29.5. The average molecular weight is 603 g/mol. The van der Waals surface area contributed by atoms with E-state index in [0.717, 1.165) is 0 Å². The van der Waals surface area contributed by atoms with Crippen LogP contribution in [0.3, 0.4) is 0 Å². The average Bonchev–Trinajstić information content (AvgIpc) is 3.43. The van der Waals surface area contributed by atoms with E-state index in [4.69, 9.17) is 0 Å². The zero-order chi connectivity index (χ0) is 31.8. The molecule has 0 bridgehead atoms. The zero-order valence-corrected chi connectivity index (χ0v) is 31.3. The van der Waals surface area contributed by atoms with Crippen LogP contribution in [-0.2, 0) is 0 Å². The van der Waals surface area contributed by atoms with Crippen LogP contribution in [0.5, 0.6) is 0 Å². The van der Waals surface area contributed by atoms with E-state index in [-0.39, 0.29) is 14.9 Å². The summed E-state index contributed by atoms with van der Waals surface area (Å²) >= 11 is 0. The molecule has 0 aromatic rings. The maximum atomic E-state index is 2.61. The predicted octanol–water partition coefficient (Wildman–Crippen LogP) is 11.1. The quantitative estimate of drug-likeness (QED) is 0.273. The molecule has 3 heterocycles. The lowest BCUT2D eigenvalue weighted by molar-refractivity contribution is 0.142. The highest BCUT2D eigenvalue weighted by molar-refractivity contribution is 4.80. The fraction of sp³-hybridized carbons (Fsp3) is 1.00. The van der Waals surface area contributed by atoms with Gasteiger partial charge in [0.25, 0.3) is 0 Å². The summed E-state index contributed by atoms with van der Waals surface area (Å²) in [5.74, 6) is 0. The molecule has 3 rings (SSSR count). The van der Waals surface area contributed by atoms with E-state index in [9.17, 15) is 0 Å². The summed E-state index contributed by atoms with van der Waals surface area (Å²) in [7, 11) is 2.21. The molecule has 42 heavy (non-hydrogen) atoms. The van der Waals surface area contributed by atoms with Crippen molar-refractivity contribution in [2.45, 2.75) is 193 Å². The molecular formula is C38H90N4. The highest BCUT2D eigenvalue weighted by atomic mass is 15.2. The molecule has 0 atom stereocenters. The van der Waals surface area contributed by atoms with Gasteiger partial charge in [-0.25, -0.2) is 0 Å². The number of hydrogen-bond donors (Lipinski definition) is 0. The van der Waals surface area contributed by atoms with Crippen LogP contribution >= 0.6 is 0 Å². The van der Waals surface area contributed by atoms with Gasteiger partial charge in [0.1, 0.15) is 0 Å². The first-order chi connectivity index (χ1) is 18.7. The molecule has 0 unspecified atom stereocenters. The molecule has 0 aliphatic carbocycles. The van der Waals surface area contributed by atoms with Gasteiger partial charge in [0, 0.05) is 29.7 Å². The van der Waals surface area contributed by atoms with Gasteiger partial charge in [0.2, 0.25) is 0 Å². The van der Waals surface area contributed by atoms with E-state index in [1.165, 1.54) is 110 Å². The summed E-state index contributed by atoms with van der Waals surface area (Å²) in [6, 6.07) is 0. The molecule has 4 nitrogen and oxygen atoms in total. The van der Waals surface area contributed by atoms with E-state index in [1.807, 2.05) is 41.5 Å². The lowest BCUT2D eigenvalue weighted by atomic mass is 10.1. The monoisotopic (exact) mass is 603 g/mol. The van der Waals surface area contributed by atoms with Crippen molar-refractivity contribution < 1.29 is 0 Å². The van der Waals surface area contributed by atoms with Crippen LogP contribution in [0, 0.1) is 0 Å². The summed E-state index contributed by atoms with van der Waals surface area (Å²) < 4.78 is 0. The maximum Gasteiger partial charge on any atom is 0.0125 e. The van der Waals surface area contributed by atoms with Crippen LogP contribution in [0.1, 0.15) is 176 Å². The molecule has 4 heteroatoms. The summed E-state index contributed by atoms with van der Waals surface area (Å²) in [6.07, 6.45) is 12.7. The first-order valence-corrected chi connectivity index (χ1v) is 17.6. The summed E-state index contributed by atoms with van der Waals surface area (Å²) in [4.78, 5) is 10.2. The molecule has 3 aliphatic heterocycles. The third kappa shape index (κ3) is 27.4. The van der Waals surface area contributed by atoms with Gasteiger partial charge in [-0.05, 0) is 141 Å². The molecular weight excluding hydrogens is 512 g/mol. The van der Waals surface area contributed by atoms with Gasteiger partial charge in [-0.2, -0.15) is 0 Å². The topological polar surface area (TPSA) is 13.0 Å². The van der Waals surface area contributed by atoms with Crippen molar-refractivity contribution in [3.05, 3.63) is 0 Å². The smallest absolute Gasteiger partial charge is 0.0125 e. The summed E-state index contributed by atoms with van der Waals surface area (Å²) in [5.41, 5.74) is 1.14. The maximum absolute atomic E-state index is 2.61. The minimum Gasteiger partial charge on any atom is -0.305 e. The molecule has 3 aliphatic rings. The molecule has 0 saturated carbocycles. The molecule has 0 aromatic carbocycles. The molecule has 0 N–H and O–H groups in total. The Bertz CT molecular complexity index is 467. The number of nitrogens with zero attached hydrogens (tertiary/aromatic N) is 4. The van der Waals surface area contributed by atoms with Gasteiger partial charge in [0.05, 0.1) is 0 Å². The Labute approximate surface area is 271 Å². The fourth-order valence-corrected chi connectivity index (χ4v) is 5.20. The Kier molecular flexibility index (Phi) is 36.2. The minimum absolute atomic E-state index is 0. The van der Waals surface area contributed by atoms with E-state index in [1.54, 1.807) is 0 Å². The van der Waals surface area contributed by atoms with Crippen molar-refractivity contribution in [3.8, 4) is 0 Å². The minimum atomic E-state index is 0. The Hall–Kier alpha value is -0.160. The molecule has 0 amide bonds. The molecule has 262 valence electrons. The lowest BCUT2D eigenvalue weighted by Gasteiger charge is -2.34. The van der Waals surface area contributed by atoms with Gasteiger partial charge in [-0.3, -0.25) is 14.7 Å².